The van der Waals surface area contributed by atoms with Crippen LogP contribution in [0.25, 0.3) is 11.3 Å². The van der Waals surface area contributed by atoms with Crippen LogP contribution in [-0.2, 0) is 5.54 Å². The van der Waals surface area contributed by atoms with E-state index in [1.165, 1.54) is 12.3 Å². The van der Waals surface area contributed by atoms with Crippen LogP contribution in [0, 0.1) is 18.3 Å². The summed E-state index contributed by atoms with van der Waals surface area (Å²) in [4.78, 5) is 13.4. The van der Waals surface area contributed by atoms with Crippen LogP contribution in [0.15, 0.2) is 18.5 Å². The molecule has 4 aliphatic rings. The summed E-state index contributed by atoms with van der Waals surface area (Å²) in [5, 5.41) is 11.0. The van der Waals surface area contributed by atoms with Crippen molar-refractivity contribution in [1.82, 2.24) is 24.3 Å². The Morgan fingerprint density at radius 3 is 2.44 bits per heavy atom. The fourth-order valence-corrected chi connectivity index (χ4v) is 6.00. The zero-order valence-electron chi connectivity index (χ0n) is 20.4. The van der Waals surface area contributed by atoms with Gasteiger partial charge in [-0.3, -0.25) is 9.80 Å². The molecule has 3 saturated carbocycles. The highest BCUT2D eigenvalue weighted by Crippen LogP contribution is 2.68. The van der Waals surface area contributed by atoms with Gasteiger partial charge in [-0.15, -0.1) is 19.6 Å². The summed E-state index contributed by atoms with van der Waals surface area (Å²) in [5.74, 6) is 2.21. The third-order valence-electron chi connectivity index (χ3n) is 7.88. The SMILES string of the molecule is C#CCN1CCN(C23CC(n4cc(-c5cnc(N)c(OC(F)(F)F)c5)nc4[C@@H](O)C(C)C)(C2)C3)CC1. The number of aliphatic hydroxyl groups excluding tert-OH is 1. The minimum atomic E-state index is -4.89. The molecule has 0 aromatic carbocycles. The van der Waals surface area contributed by atoms with Gasteiger partial charge in [-0.2, -0.15) is 0 Å². The Kier molecular flexibility index (Phi) is 5.97. The Balaban J connectivity index is 1.39. The molecule has 2 aromatic rings. The number of hydrogen-bond donors (Lipinski definition) is 2. The second kappa shape index (κ2) is 8.64. The molecule has 2 bridgehead atoms. The molecule has 8 nitrogen and oxygen atoms in total. The third kappa shape index (κ3) is 4.21. The normalized spacial score (nSPS) is 27.3. The number of hydrogen-bond acceptors (Lipinski definition) is 7. The summed E-state index contributed by atoms with van der Waals surface area (Å²) >= 11 is 0. The maximum absolute atomic E-state index is 12.8. The molecule has 0 amide bonds. The van der Waals surface area contributed by atoms with Gasteiger partial charge >= 0.3 is 6.36 Å². The molecule has 11 heteroatoms. The van der Waals surface area contributed by atoms with Crippen LogP contribution in [-0.4, -0.2) is 74.1 Å². The molecule has 0 spiro atoms. The number of aliphatic hydroxyl groups is 1. The molecule has 1 saturated heterocycles. The summed E-state index contributed by atoms with van der Waals surface area (Å²) in [5.41, 5.74) is 6.36. The largest absolute Gasteiger partial charge is 0.573 e. The van der Waals surface area contributed by atoms with Gasteiger partial charge < -0.3 is 20.1 Å². The molecule has 0 unspecified atom stereocenters. The van der Waals surface area contributed by atoms with Crippen molar-refractivity contribution in [2.75, 3.05) is 38.5 Å². The number of halogens is 3. The van der Waals surface area contributed by atoms with Crippen molar-refractivity contribution in [2.24, 2.45) is 5.92 Å². The molecular formula is C25H31F3N6O2. The number of rotatable bonds is 7. The Bertz CT molecular complexity index is 1160. The topological polar surface area (TPSA) is 92.7 Å². The number of ether oxygens (including phenoxy) is 1. The van der Waals surface area contributed by atoms with E-state index in [4.69, 9.17) is 12.2 Å². The molecule has 1 atom stereocenters. The van der Waals surface area contributed by atoms with Gasteiger partial charge in [-0.05, 0) is 31.2 Å². The van der Waals surface area contributed by atoms with Crippen molar-refractivity contribution in [3.05, 3.63) is 24.3 Å². The number of nitrogens with zero attached hydrogens (tertiary/aromatic N) is 5. The van der Waals surface area contributed by atoms with Crippen LogP contribution >= 0.6 is 0 Å². The molecule has 2 aromatic heterocycles. The van der Waals surface area contributed by atoms with Gasteiger partial charge in [0, 0.05) is 49.7 Å². The van der Waals surface area contributed by atoms with E-state index in [1.54, 1.807) is 0 Å². The highest BCUT2D eigenvalue weighted by atomic mass is 19.4. The average molecular weight is 505 g/mol. The first-order chi connectivity index (χ1) is 17.0. The van der Waals surface area contributed by atoms with E-state index < -0.39 is 18.2 Å². The summed E-state index contributed by atoms with van der Waals surface area (Å²) in [7, 11) is 0. The fraction of sp³-hybridized carbons (Fsp3) is 0.600. The quantitative estimate of drug-likeness (QED) is 0.560. The lowest BCUT2D eigenvalue weighted by Gasteiger charge is -2.75. The van der Waals surface area contributed by atoms with Gasteiger partial charge in [-0.1, -0.05) is 19.8 Å². The summed E-state index contributed by atoms with van der Waals surface area (Å²) in [6, 6.07) is 1.19. The zero-order valence-corrected chi connectivity index (χ0v) is 20.4. The lowest BCUT2D eigenvalue weighted by Crippen LogP contribution is -2.80. The molecular weight excluding hydrogens is 473 g/mol. The number of aromatic nitrogens is 3. The van der Waals surface area contributed by atoms with E-state index in [2.05, 4.69) is 30.4 Å². The lowest BCUT2D eigenvalue weighted by atomic mass is 9.43. The van der Waals surface area contributed by atoms with E-state index in [0.717, 1.165) is 45.4 Å². The molecule has 1 aliphatic heterocycles. The summed E-state index contributed by atoms with van der Waals surface area (Å²) in [6.45, 7) is 8.36. The first kappa shape index (κ1) is 24.9. The predicted molar refractivity (Wildman–Crippen MR) is 128 cm³/mol. The maximum atomic E-state index is 12.8. The van der Waals surface area contributed by atoms with Crippen LogP contribution in [0.3, 0.4) is 0 Å². The van der Waals surface area contributed by atoms with E-state index in [9.17, 15) is 18.3 Å². The number of pyridine rings is 1. The molecule has 3 aliphatic carbocycles. The first-order valence-electron chi connectivity index (χ1n) is 12.2. The van der Waals surface area contributed by atoms with Crippen LogP contribution in [0.2, 0.25) is 0 Å². The van der Waals surface area contributed by atoms with Gasteiger partial charge in [0.25, 0.3) is 0 Å². The van der Waals surface area contributed by atoms with E-state index in [1.807, 2.05) is 24.6 Å². The van der Waals surface area contributed by atoms with Crippen LogP contribution in [0.1, 0.15) is 45.0 Å². The lowest BCUT2D eigenvalue weighted by molar-refractivity contribution is -0.274. The third-order valence-corrected chi connectivity index (χ3v) is 7.88. The number of nitrogens with two attached hydrogens (primary N) is 1. The van der Waals surface area contributed by atoms with Crippen molar-refractivity contribution in [2.45, 2.75) is 56.7 Å². The van der Waals surface area contributed by atoms with E-state index >= 15 is 0 Å². The van der Waals surface area contributed by atoms with Crippen molar-refractivity contribution < 1.29 is 23.0 Å². The van der Waals surface area contributed by atoms with Crippen molar-refractivity contribution in [1.29, 1.82) is 0 Å². The Hall–Kier alpha value is -2.81. The van der Waals surface area contributed by atoms with Crippen molar-refractivity contribution >= 4 is 5.82 Å². The highest BCUT2D eigenvalue weighted by molar-refractivity contribution is 5.64. The maximum Gasteiger partial charge on any atom is 0.573 e. The molecule has 6 rings (SSSR count). The first-order valence-corrected chi connectivity index (χ1v) is 12.2. The number of terminal acetylenes is 1. The van der Waals surface area contributed by atoms with Crippen LogP contribution in [0.5, 0.6) is 5.75 Å². The Morgan fingerprint density at radius 1 is 1.19 bits per heavy atom. The van der Waals surface area contributed by atoms with Gasteiger partial charge in [-0.25, -0.2) is 9.97 Å². The minimum absolute atomic E-state index is 0.0850. The van der Waals surface area contributed by atoms with Gasteiger partial charge in [0.15, 0.2) is 11.6 Å². The fourth-order valence-electron chi connectivity index (χ4n) is 6.00. The molecule has 0 radical (unpaired) electrons. The van der Waals surface area contributed by atoms with Gasteiger partial charge in [0.05, 0.1) is 17.8 Å². The number of nitrogen functional groups attached to an aromatic ring is 1. The monoisotopic (exact) mass is 504 g/mol. The number of anilines is 1. The van der Waals surface area contributed by atoms with Gasteiger partial charge in [0.1, 0.15) is 11.9 Å². The summed E-state index contributed by atoms with van der Waals surface area (Å²) in [6.07, 6.45) is 5.78. The average Bonchev–Trinajstić information content (AvgIpc) is 3.18. The van der Waals surface area contributed by atoms with Crippen LogP contribution < -0.4 is 10.5 Å². The number of alkyl halides is 3. The zero-order chi connectivity index (χ0) is 25.9. The van der Waals surface area contributed by atoms with E-state index in [-0.39, 0.29) is 22.8 Å². The number of imidazole rings is 1. The Labute approximate surface area is 208 Å². The molecule has 194 valence electrons. The Morgan fingerprint density at radius 2 is 1.86 bits per heavy atom. The van der Waals surface area contributed by atoms with Gasteiger partial charge in [0.2, 0.25) is 0 Å². The molecule has 3 heterocycles. The summed E-state index contributed by atoms with van der Waals surface area (Å²) < 4.78 is 44.5. The standard InChI is InChI=1S/C25H31F3N6O2/c1-4-5-32-6-8-33(9-7-32)23-13-24(14-23,15-23)34-12-18(31-22(34)20(35)16(2)3)17-10-19(21(29)30-11-17)36-25(26,27)28/h1,10-12,16,20,35H,5-9,13-15H2,2-3H3,(H2,29,30)/t20-,23?,24?/m0/s1. The van der Waals surface area contributed by atoms with Crippen molar-refractivity contribution in [3.63, 3.8) is 0 Å². The smallest absolute Gasteiger partial charge is 0.402 e. The molecule has 36 heavy (non-hydrogen) atoms. The van der Waals surface area contributed by atoms with Crippen LogP contribution in [0.4, 0.5) is 19.0 Å². The predicted octanol–water partition coefficient (Wildman–Crippen LogP) is 3.00. The highest BCUT2D eigenvalue weighted by Gasteiger charge is 2.71. The second-order valence-corrected chi connectivity index (χ2v) is 10.6. The molecule has 4 fully saturated rings. The van der Waals surface area contributed by atoms with E-state index in [0.29, 0.717) is 23.6 Å². The minimum Gasteiger partial charge on any atom is -0.402 e. The molecule has 3 N–H and O–H groups in total. The second-order valence-electron chi connectivity index (χ2n) is 10.6. The van der Waals surface area contributed by atoms with Crippen molar-refractivity contribution in [3.8, 4) is 29.4 Å². The number of piperazine rings is 1.